The molecule has 0 saturated heterocycles. The second kappa shape index (κ2) is 5.61. The maximum Gasteiger partial charge on any atom is 0.160 e. The monoisotopic (exact) mass is 248 g/mol. The van der Waals surface area contributed by atoms with E-state index in [4.69, 9.17) is 9.05 Å². The predicted molar refractivity (Wildman–Crippen MR) is 65.4 cm³/mol. The average Bonchev–Trinajstić information content (AvgIpc) is 2.17. The molecule has 0 aliphatic carbocycles. The van der Waals surface area contributed by atoms with Crippen molar-refractivity contribution in [1.82, 2.24) is 0 Å². The van der Waals surface area contributed by atoms with Crippen molar-refractivity contribution >= 4 is 32.7 Å². The molecule has 3 unspecified atom stereocenters. The number of Topliss-reactive ketones (excluding diaryl/α,β-unsaturated/α-hetero) is 1. The summed E-state index contributed by atoms with van der Waals surface area (Å²) in [6.45, 7) is 1.51. The van der Waals surface area contributed by atoms with E-state index >= 15 is 0 Å². The zero-order valence-electron chi connectivity index (χ0n) is 7.61. The maximum absolute atomic E-state index is 11.1. The summed E-state index contributed by atoms with van der Waals surface area (Å²) in [6.07, 6.45) is 0. The van der Waals surface area contributed by atoms with Crippen LogP contribution in [-0.2, 0) is 0 Å². The molecule has 1 aromatic rings. The third-order valence-corrected chi connectivity index (χ3v) is 2.58. The van der Waals surface area contributed by atoms with Crippen LogP contribution in [-0.4, -0.2) is 5.78 Å². The maximum atomic E-state index is 11.1. The summed E-state index contributed by atoms with van der Waals surface area (Å²) in [4.78, 5) is 11.1. The molecule has 0 aliphatic rings. The fourth-order valence-electron chi connectivity index (χ4n) is 0.970. The zero-order valence-corrected chi connectivity index (χ0v) is 10.9. The fraction of sp³-hybridized carbons (Fsp3) is 0.125. The van der Waals surface area contributed by atoms with Crippen LogP contribution in [0.25, 0.3) is 0 Å². The van der Waals surface area contributed by atoms with Crippen molar-refractivity contribution in [3.63, 3.8) is 0 Å². The summed E-state index contributed by atoms with van der Waals surface area (Å²) < 4.78 is 10.3. The normalized spacial score (nSPS) is 10.5. The van der Waals surface area contributed by atoms with Crippen molar-refractivity contribution in [1.29, 1.82) is 0 Å². The molecule has 0 amide bonds. The summed E-state index contributed by atoms with van der Waals surface area (Å²) in [5, 5.41) is 0. The Hall–Kier alpha value is -0.220. The van der Waals surface area contributed by atoms with Gasteiger partial charge in [0.2, 0.25) is 0 Å². The van der Waals surface area contributed by atoms with Crippen molar-refractivity contribution in [3.8, 4) is 11.5 Å². The Labute approximate surface area is 89.2 Å². The van der Waals surface area contributed by atoms with Crippen LogP contribution in [0, 0.1) is 0 Å². The third-order valence-electron chi connectivity index (χ3n) is 1.60. The summed E-state index contributed by atoms with van der Waals surface area (Å²) >= 11 is 0. The van der Waals surface area contributed by atoms with Crippen molar-refractivity contribution in [2.75, 3.05) is 0 Å². The first-order chi connectivity index (χ1) is 6.67. The Balaban J connectivity index is 3.06. The smallest absolute Gasteiger partial charge is 0.160 e. The Morgan fingerprint density at radius 3 is 2.50 bits per heavy atom. The van der Waals surface area contributed by atoms with E-state index < -0.39 is 0 Å². The van der Waals surface area contributed by atoms with Crippen LogP contribution in [0.15, 0.2) is 18.2 Å². The van der Waals surface area contributed by atoms with Crippen molar-refractivity contribution in [2.24, 2.45) is 0 Å². The Bertz CT molecular complexity index is 341. The summed E-state index contributed by atoms with van der Waals surface area (Å²) in [5.41, 5.74) is 0.586. The van der Waals surface area contributed by atoms with Gasteiger partial charge in [0.05, 0.1) is 18.0 Å². The van der Waals surface area contributed by atoms with Crippen molar-refractivity contribution in [3.05, 3.63) is 23.8 Å². The van der Waals surface area contributed by atoms with E-state index in [1.54, 1.807) is 18.2 Å². The lowest BCUT2D eigenvalue weighted by atomic mass is 10.1. The highest BCUT2D eigenvalue weighted by atomic mass is 32.0. The van der Waals surface area contributed by atoms with Gasteiger partial charge in [-0.25, -0.2) is 0 Å². The van der Waals surface area contributed by atoms with E-state index in [-0.39, 0.29) is 14.3 Å². The molecule has 0 heterocycles. The highest BCUT2D eigenvalue weighted by molar-refractivity contribution is 8.00. The Kier molecular flexibility index (Phi) is 4.75. The molecule has 0 aromatic heterocycles. The van der Waals surface area contributed by atoms with Gasteiger partial charge in [0.15, 0.2) is 5.78 Å². The SMILES string of the molecule is CC(=O)c1cc(OP)cc(OPP)c1. The van der Waals surface area contributed by atoms with Crippen LogP contribution in [0.4, 0.5) is 0 Å². The van der Waals surface area contributed by atoms with Crippen LogP contribution in [0.3, 0.4) is 0 Å². The van der Waals surface area contributed by atoms with Gasteiger partial charge >= 0.3 is 0 Å². The predicted octanol–water partition coefficient (Wildman–Crippen LogP) is 2.82. The minimum atomic E-state index is -0.00848. The van der Waals surface area contributed by atoms with Crippen LogP contribution >= 0.6 is 26.9 Å². The number of ketones is 1. The number of rotatable bonds is 4. The number of carbonyl (C=O) groups is 1. The number of benzene rings is 1. The first-order valence-electron chi connectivity index (χ1n) is 3.82. The van der Waals surface area contributed by atoms with Crippen LogP contribution < -0.4 is 9.05 Å². The lowest BCUT2D eigenvalue weighted by Gasteiger charge is -2.07. The lowest BCUT2D eigenvalue weighted by Crippen LogP contribution is -1.92. The molecular weight excluding hydrogens is 237 g/mol. The lowest BCUT2D eigenvalue weighted by molar-refractivity contribution is 0.101. The zero-order chi connectivity index (χ0) is 10.6. The van der Waals surface area contributed by atoms with E-state index in [0.29, 0.717) is 17.1 Å². The number of carbonyl (C=O) groups excluding carboxylic acids is 1. The number of hydrogen-bond donors (Lipinski definition) is 0. The largest absolute Gasteiger partial charge is 0.480 e. The van der Waals surface area contributed by atoms with E-state index in [1.165, 1.54) is 6.92 Å². The summed E-state index contributed by atoms with van der Waals surface area (Å²) in [7, 11) is 4.88. The molecule has 76 valence electrons. The molecule has 0 N–H and O–H groups in total. The number of hydrogen-bond acceptors (Lipinski definition) is 3. The minimum Gasteiger partial charge on any atom is -0.480 e. The third kappa shape index (κ3) is 3.17. The molecular formula is C8H11O3P3. The van der Waals surface area contributed by atoms with Gasteiger partial charge in [0.1, 0.15) is 11.5 Å². The molecule has 14 heavy (non-hydrogen) atoms. The molecule has 3 nitrogen and oxygen atoms in total. The fourth-order valence-corrected chi connectivity index (χ4v) is 1.77. The summed E-state index contributed by atoms with van der Waals surface area (Å²) in [6, 6.07) is 5.11. The van der Waals surface area contributed by atoms with E-state index in [9.17, 15) is 4.79 Å². The van der Waals surface area contributed by atoms with E-state index in [1.807, 2.05) is 0 Å². The van der Waals surface area contributed by atoms with Crippen molar-refractivity contribution < 1.29 is 13.8 Å². The molecule has 0 fully saturated rings. The Morgan fingerprint density at radius 2 is 2.00 bits per heavy atom. The van der Waals surface area contributed by atoms with Crippen molar-refractivity contribution in [2.45, 2.75) is 6.92 Å². The second-order valence-corrected chi connectivity index (χ2v) is 3.97. The molecule has 0 radical (unpaired) electrons. The Morgan fingerprint density at radius 1 is 1.36 bits per heavy atom. The van der Waals surface area contributed by atoms with Gasteiger partial charge in [0.25, 0.3) is 0 Å². The first kappa shape index (κ1) is 11.9. The van der Waals surface area contributed by atoms with Gasteiger partial charge in [-0.2, -0.15) is 0 Å². The molecule has 1 rings (SSSR count). The van der Waals surface area contributed by atoms with Crippen LogP contribution in [0.1, 0.15) is 17.3 Å². The second-order valence-electron chi connectivity index (χ2n) is 2.59. The molecule has 0 saturated carbocycles. The highest BCUT2D eigenvalue weighted by Gasteiger charge is 2.05. The van der Waals surface area contributed by atoms with Gasteiger partial charge in [-0.05, 0) is 19.1 Å². The molecule has 0 bridgehead atoms. The van der Waals surface area contributed by atoms with Crippen LogP contribution in [0.5, 0.6) is 11.5 Å². The van der Waals surface area contributed by atoms with Crippen LogP contribution in [0.2, 0.25) is 0 Å². The summed E-state index contributed by atoms with van der Waals surface area (Å²) in [5.74, 6) is 1.23. The van der Waals surface area contributed by atoms with E-state index in [0.717, 1.165) is 0 Å². The van der Waals surface area contributed by atoms with E-state index in [2.05, 4.69) is 18.4 Å². The van der Waals surface area contributed by atoms with Gasteiger partial charge in [-0.1, -0.05) is 8.93 Å². The molecule has 1 aromatic carbocycles. The van der Waals surface area contributed by atoms with Gasteiger partial charge in [0, 0.05) is 11.6 Å². The minimum absolute atomic E-state index is 0.00848. The molecule has 0 spiro atoms. The topological polar surface area (TPSA) is 35.5 Å². The van der Waals surface area contributed by atoms with Gasteiger partial charge in [-0.15, -0.1) is 0 Å². The quantitative estimate of drug-likeness (QED) is 0.607. The highest BCUT2D eigenvalue weighted by Crippen LogP contribution is 2.31. The van der Waals surface area contributed by atoms with Gasteiger partial charge < -0.3 is 9.05 Å². The standard InChI is InChI=1S/C8H11O3P3/c1-5(9)6-2-7(10-12)4-8(3-6)11-14-13/h2-4,14H,12-13H2,1H3. The first-order valence-corrected chi connectivity index (χ1v) is 7.01. The average molecular weight is 248 g/mol. The molecule has 0 aliphatic heterocycles. The molecule has 6 heteroatoms. The van der Waals surface area contributed by atoms with Gasteiger partial charge in [-0.3, -0.25) is 4.79 Å². The molecule has 3 atom stereocenters.